The maximum Gasteiger partial charge on any atom is 0.313 e. The topological polar surface area (TPSA) is 89.1 Å². The number of nitrogens with zero attached hydrogens (tertiary/aromatic N) is 1. The van der Waals surface area contributed by atoms with Gasteiger partial charge in [0.05, 0.1) is 13.2 Å². The molecule has 0 bridgehead atoms. The van der Waals surface area contributed by atoms with E-state index < -0.39 is 11.8 Å². The molecule has 4 rings (SSSR count). The highest BCUT2D eigenvalue weighted by Gasteiger charge is 2.17. The molecule has 2 aliphatic heterocycles. The van der Waals surface area contributed by atoms with Gasteiger partial charge in [0.15, 0.2) is 11.5 Å². The number of benzene rings is 2. The highest BCUT2D eigenvalue weighted by atomic mass is 16.7. The van der Waals surface area contributed by atoms with Crippen LogP contribution in [-0.4, -0.2) is 51.5 Å². The zero-order chi connectivity index (χ0) is 20.1. The monoisotopic (exact) mass is 397 g/mol. The Morgan fingerprint density at radius 1 is 0.931 bits per heavy atom. The third-order valence-corrected chi connectivity index (χ3v) is 4.85. The van der Waals surface area contributed by atoms with Crippen molar-refractivity contribution in [3.05, 3.63) is 48.0 Å². The minimum absolute atomic E-state index is 0.153. The smallest absolute Gasteiger partial charge is 0.313 e. The number of amides is 2. The zero-order valence-electron chi connectivity index (χ0n) is 16.0. The minimum Gasteiger partial charge on any atom is -0.454 e. The molecule has 0 atom stereocenters. The van der Waals surface area contributed by atoms with Crippen LogP contribution >= 0.6 is 0 Å². The third kappa shape index (κ3) is 4.78. The van der Waals surface area contributed by atoms with Crippen molar-refractivity contribution >= 4 is 23.2 Å². The third-order valence-electron chi connectivity index (χ3n) is 4.85. The second kappa shape index (κ2) is 8.83. The highest BCUT2D eigenvalue weighted by molar-refractivity contribution is 6.39. The van der Waals surface area contributed by atoms with Gasteiger partial charge >= 0.3 is 11.8 Å². The number of hydrogen-bond acceptors (Lipinski definition) is 6. The van der Waals surface area contributed by atoms with E-state index >= 15 is 0 Å². The van der Waals surface area contributed by atoms with Gasteiger partial charge < -0.3 is 29.7 Å². The summed E-state index contributed by atoms with van der Waals surface area (Å²) in [6.45, 7) is 3.83. The molecule has 2 heterocycles. The molecule has 0 spiro atoms. The number of morpholine rings is 1. The van der Waals surface area contributed by atoms with Crippen molar-refractivity contribution in [1.29, 1.82) is 0 Å². The van der Waals surface area contributed by atoms with Gasteiger partial charge in [-0.2, -0.15) is 0 Å². The Balaban J connectivity index is 1.22. The van der Waals surface area contributed by atoms with Gasteiger partial charge in [-0.15, -0.1) is 0 Å². The Bertz CT molecular complexity index is 878. The first-order chi connectivity index (χ1) is 14.2. The summed E-state index contributed by atoms with van der Waals surface area (Å²) in [7, 11) is 0. The SMILES string of the molecule is O=C(NCCc1ccc(N2CCOCC2)cc1)C(=O)Nc1ccc2c(c1)OCO2. The number of carbonyl (C=O) groups is 2. The molecule has 2 amide bonds. The Labute approximate surface area is 168 Å². The van der Waals surface area contributed by atoms with Crippen LogP contribution in [0, 0.1) is 0 Å². The van der Waals surface area contributed by atoms with Crippen LogP contribution in [0.15, 0.2) is 42.5 Å². The van der Waals surface area contributed by atoms with E-state index in [0.29, 0.717) is 30.2 Å². The lowest BCUT2D eigenvalue weighted by Crippen LogP contribution is -2.36. The largest absolute Gasteiger partial charge is 0.454 e. The van der Waals surface area contributed by atoms with Crippen LogP contribution in [0.4, 0.5) is 11.4 Å². The average molecular weight is 397 g/mol. The van der Waals surface area contributed by atoms with Crippen LogP contribution in [0.25, 0.3) is 0 Å². The number of anilines is 2. The predicted molar refractivity (Wildman–Crippen MR) is 107 cm³/mol. The predicted octanol–water partition coefficient (Wildman–Crippen LogP) is 1.55. The van der Waals surface area contributed by atoms with Crippen LogP contribution in [-0.2, 0) is 20.7 Å². The number of hydrogen-bond donors (Lipinski definition) is 2. The quantitative estimate of drug-likeness (QED) is 0.745. The molecule has 0 aliphatic carbocycles. The van der Waals surface area contributed by atoms with Crippen LogP contribution in [0.3, 0.4) is 0 Å². The van der Waals surface area contributed by atoms with Gasteiger partial charge in [-0.1, -0.05) is 12.1 Å². The lowest BCUT2D eigenvalue weighted by Gasteiger charge is -2.28. The zero-order valence-corrected chi connectivity index (χ0v) is 16.0. The maximum atomic E-state index is 12.1. The first kappa shape index (κ1) is 19.1. The molecule has 0 saturated carbocycles. The summed E-state index contributed by atoms with van der Waals surface area (Å²) >= 11 is 0. The summed E-state index contributed by atoms with van der Waals surface area (Å²) in [6.07, 6.45) is 0.645. The molecule has 2 aliphatic rings. The van der Waals surface area contributed by atoms with Crippen molar-refractivity contribution in [1.82, 2.24) is 5.32 Å². The van der Waals surface area contributed by atoms with Gasteiger partial charge in [-0.05, 0) is 36.2 Å². The summed E-state index contributed by atoms with van der Waals surface area (Å²) in [5.74, 6) is -0.227. The lowest BCUT2D eigenvalue weighted by molar-refractivity contribution is -0.136. The highest BCUT2D eigenvalue weighted by Crippen LogP contribution is 2.34. The molecule has 0 radical (unpaired) electrons. The molecule has 2 N–H and O–H groups in total. The van der Waals surface area contributed by atoms with E-state index in [1.165, 1.54) is 5.69 Å². The molecule has 0 aromatic heterocycles. The van der Waals surface area contributed by atoms with Gasteiger partial charge in [0.1, 0.15) is 0 Å². The number of fused-ring (bicyclic) bond motifs is 1. The number of rotatable bonds is 5. The van der Waals surface area contributed by atoms with Crippen LogP contribution in [0.2, 0.25) is 0 Å². The maximum absolute atomic E-state index is 12.1. The second-order valence-electron chi connectivity index (χ2n) is 6.79. The van der Waals surface area contributed by atoms with Gasteiger partial charge in [0.25, 0.3) is 0 Å². The van der Waals surface area contributed by atoms with Gasteiger partial charge in [0.2, 0.25) is 6.79 Å². The van der Waals surface area contributed by atoms with Crippen molar-refractivity contribution in [2.24, 2.45) is 0 Å². The Morgan fingerprint density at radius 3 is 2.48 bits per heavy atom. The molecule has 8 nitrogen and oxygen atoms in total. The fraction of sp³-hybridized carbons (Fsp3) is 0.333. The average Bonchev–Trinajstić information content (AvgIpc) is 3.22. The molecule has 152 valence electrons. The summed E-state index contributed by atoms with van der Waals surface area (Å²) in [6, 6.07) is 13.2. The first-order valence-corrected chi connectivity index (χ1v) is 9.59. The van der Waals surface area contributed by atoms with E-state index in [4.69, 9.17) is 14.2 Å². The molecular formula is C21H23N3O5. The fourth-order valence-electron chi connectivity index (χ4n) is 3.26. The van der Waals surface area contributed by atoms with Crippen molar-refractivity contribution < 1.29 is 23.8 Å². The van der Waals surface area contributed by atoms with E-state index in [-0.39, 0.29) is 6.79 Å². The summed E-state index contributed by atoms with van der Waals surface area (Å²) < 4.78 is 15.8. The van der Waals surface area contributed by atoms with Crippen LogP contribution in [0.1, 0.15) is 5.56 Å². The van der Waals surface area contributed by atoms with Crippen molar-refractivity contribution in [3.8, 4) is 11.5 Å². The van der Waals surface area contributed by atoms with E-state index in [0.717, 1.165) is 31.9 Å². The standard InChI is InChI=1S/C21H23N3O5/c25-20(21(26)23-16-3-6-18-19(13-16)29-14-28-18)22-8-7-15-1-4-17(5-2-15)24-9-11-27-12-10-24/h1-6,13H,7-12,14H2,(H,22,25)(H,23,26). The van der Waals surface area contributed by atoms with E-state index in [9.17, 15) is 9.59 Å². The van der Waals surface area contributed by atoms with Gasteiger partial charge in [-0.3, -0.25) is 9.59 Å². The molecule has 29 heavy (non-hydrogen) atoms. The van der Waals surface area contributed by atoms with Crippen LogP contribution in [0.5, 0.6) is 11.5 Å². The summed E-state index contributed by atoms with van der Waals surface area (Å²) in [5, 5.41) is 5.21. The molecule has 8 heteroatoms. The molecular weight excluding hydrogens is 374 g/mol. The fourth-order valence-corrected chi connectivity index (χ4v) is 3.26. The number of nitrogens with one attached hydrogen (secondary N) is 2. The minimum atomic E-state index is -0.716. The van der Waals surface area contributed by atoms with Crippen molar-refractivity contribution in [2.75, 3.05) is 49.9 Å². The number of ether oxygens (including phenoxy) is 3. The van der Waals surface area contributed by atoms with E-state index in [2.05, 4.69) is 27.7 Å². The van der Waals surface area contributed by atoms with Crippen molar-refractivity contribution in [3.63, 3.8) is 0 Å². The number of carbonyl (C=O) groups excluding carboxylic acids is 2. The van der Waals surface area contributed by atoms with Gasteiger partial charge in [0, 0.05) is 37.1 Å². The molecule has 2 aromatic rings. The normalized spacial score (nSPS) is 15.1. The van der Waals surface area contributed by atoms with Crippen molar-refractivity contribution in [2.45, 2.75) is 6.42 Å². The molecule has 0 unspecified atom stereocenters. The Hall–Kier alpha value is -3.26. The molecule has 1 saturated heterocycles. The first-order valence-electron chi connectivity index (χ1n) is 9.59. The second-order valence-corrected chi connectivity index (χ2v) is 6.79. The van der Waals surface area contributed by atoms with E-state index in [1.807, 2.05) is 12.1 Å². The van der Waals surface area contributed by atoms with Gasteiger partial charge in [-0.25, -0.2) is 0 Å². The Morgan fingerprint density at radius 2 is 1.69 bits per heavy atom. The summed E-state index contributed by atoms with van der Waals surface area (Å²) in [5.41, 5.74) is 2.75. The lowest BCUT2D eigenvalue weighted by atomic mass is 10.1. The van der Waals surface area contributed by atoms with E-state index in [1.54, 1.807) is 18.2 Å². The summed E-state index contributed by atoms with van der Waals surface area (Å²) in [4.78, 5) is 26.4. The Kier molecular flexibility index (Phi) is 5.81. The molecule has 1 fully saturated rings. The van der Waals surface area contributed by atoms with Crippen LogP contribution < -0.4 is 25.0 Å². The molecule has 2 aromatic carbocycles.